The highest BCUT2D eigenvalue weighted by Crippen LogP contribution is 2.65. The van der Waals surface area contributed by atoms with Crippen LogP contribution in [0.4, 0.5) is 0 Å². The molecule has 2 heterocycles. The molecule has 1 fully saturated rings. The molecule has 6 rings (SSSR count). The lowest BCUT2D eigenvalue weighted by Crippen LogP contribution is -2.49. The van der Waals surface area contributed by atoms with Gasteiger partial charge in [-0.15, -0.1) is 0 Å². The summed E-state index contributed by atoms with van der Waals surface area (Å²) in [4.78, 5) is 12.1. The van der Waals surface area contributed by atoms with E-state index in [1.165, 1.54) is 0 Å². The monoisotopic (exact) mass is 447 g/mol. The van der Waals surface area contributed by atoms with Crippen LogP contribution in [0.25, 0.3) is 22.3 Å². The van der Waals surface area contributed by atoms with Crippen molar-refractivity contribution < 1.29 is 0 Å². The third-order valence-corrected chi connectivity index (χ3v) is 7.48. The van der Waals surface area contributed by atoms with E-state index in [1.54, 1.807) is 0 Å². The van der Waals surface area contributed by atoms with E-state index >= 15 is 0 Å². The maximum atomic E-state index is 10.7. The molecule has 6 heteroatoms. The first-order valence-electron chi connectivity index (χ1n) is 10.7. The summed E-state index contributed by atoms with van der Waals surface area (Å²) in [6, 6.07) is 28.1. The van der Waals surface area contributed by atoms with Crippen molar-refractivity contribution in [1.29, 1.82) is 10.5 Å². The highest BCUT2D eigenvalue weighted by atomic mass is 35.5. The van der Waals surface area contributed by atoms with Crippen LogP contribution < -0.4 is 0 Å². The van der Waals surface area contributed by atoms with Crippen molar-refractivity contribution in [2.24, 2.45) is 5.41 Å². The van der Waals surface area contributed by atoms with Crippen molar-refractivity contribution in [2.75, 3.05) is 13.6 Å². The summed E-state index contributed by atoms with van der Waals surface area (Å²) >= 11 is 6.14. The molecule has 0 unspecified atom stereocenters. The average Bonchev–Trinajstić information content (AvgIpc) is 3.29. The second-order valence-corrected chi connectivity index (χ2v) is 9.12. The number of likely N-dealkylation sites (tertiary alicyclic amines) is 1. The van der Waals surface area contributed by atoms with E-state index < -0.39 is 11.0 Å². The Hall–Kier alpha value is -3.77. The minimum atomic E-state index is -1.42. The van der Waals surface area contributed by atoms with Crippen LogP contribution >= 0.6 is 11.6 Å². The topological polar surface area (TPSA) is 76.6 Å². The van der Waals surface area contributed by atoms with E-state index in [-0.39, 0.29) is 5.92 Å². The summed E-state index contributed by atoms with van der Waals surface area (Å²) in [7, 11) is 1.97. The fraction of sp³-hybridized carbons (Fsp3) is 0.185. The molecule has 2 aliphatic rings. The fourth-order valence-corrected chi connectivity index (χ4v) is 5.98. The minimum absolute atomic E-state index is 0.359. The first-order chi connectivity index (χ1) is 16.1. The highest BCUT2D eigenvalue weighted by molar-refractivity contribution is 6.30. The van der Waals surface area contributed by atoms with Gasteiger partial charge in [0.1, 0.15) is 5.54 Å². The minimum Gasteiger partial charge on any atom is -0.289 e. The van der Waals surface area contributed by atoms with E-state index in [0.29, 0.717) is 17.3 Å². The van der Waals surface area contributed by atoms with E-state index in [1.807, 2.05) is 79.8 Å². The third kappa shape index (κ3) is 2.33. The molecule has 4 aromatic rings. The summed E-state index contributed by atoms with van der Waals surface area (Å²) in [5.41, 5.74) is 3.20. The fourth-order valence-electron chi connectivity index (χ4n) is 5.85. The maximum Gasteiger partial charge on any atom is 0.179 e. The Kier molecular flexibility index (Phi) is 4.13. The van der Waals surface area contributed by atoms with Gasteiger partial charge in [-0.05, 0) is 42.4 Å². The molecule has 1 saturated heterocycles. The normalized spacial score (nSPS) is 22.6. The molecule has 0 N–H and O–H groups in total. The number of hydrogen-bond acceptors (Lipinski definition) is 5. The van der Waals surface area contributed by atoms with E-state index in [0.717, 1.165) is 33.4 Å². The number of rotatable bonds is 1. The van der Waals surface area contributed by atoms with Gasteiger partial charge in [-0.25, -0.2) is 9.97 Å². The Labute approximate surface area is 196 Å². The van der Waals surface area contributed by atoms with Gasteiger partial charge >= 0.3 is 0 Å². The largest absolute Gasteiger partial charge is 0.289 e. The quantitative estimate of drug-likeness (QED) is 0.397. The smallest absolute Gasteiger partial charge is 0.179 e. The molecular weight excluding hydrogens is 430 g/mol. The van der Waals surface area contributed by atoms with Crippen molar-refractivity contribution in [3.05, 3.63) is 94.6 Å². The van der Waals surface area contributed by atoms with Gasteiger partial charge in [-0.3, -0.25) is 4.90 Å². The maximum absolute atomic E-state index is 10.7. The van der Waals surface area contributed by atoms with Crippen molar-refractivity contribution >= 4 is 22.6 Å². The number of nitrogens with zero attached hydrogens (tertiary/aromatic N) is 5. The summed E-state index contributed by atoms with van der Waals surface area (Å²) in [5.74, 6) is -0.359. The molecule has 1 aliphatic heterocycles. The lowest BCUT2D eigenvalue weighted by atomic mass is 9.62. The van der Waals surface area contributed by atoms with Crippen LogP contribution in [0.3, 0.4) is 0 Å². The van der Waals surface area contributed by atoms with Gasteiger partial charge < -0.3 is 0 Å². The Morgan fingerprint density at radius 3 is 2.24 bits per heavy atom. The van der Waals surface area contributed by atoms with Crippen molar-refractivity contribution in [2.45, 2.75) is 11.5 Å². The predicted octanol–water partition coefficient (Wildman–Crippen LogP) is 5.27. The van der Waals surface area contributed by atoms with Crippen LogP contribution in [0, 0.1) is 28.1 Å². The molecule has 3 aromatic carbocycles. The number of nitriles is 2. The number of benzene rings is 3. The molecule has 0 radical (unpaired) electrons. The second-order valence-electron chi connectivity index (χ2n) is 8.68. The predicted molar refractivity (Wildman–Crippen MR) is 126 cm³/mol. The molecule has 1 aromatic heterocycles. The van der Waals surface area contributed by atoms with E-state index in [9.17, 15) is 10.5 Å². The van der Waals surface area contributed by atoms with Gasteiger partial charge in [0.2, 0.25) is 0 Å². The van der Waals surface area contributed by atoms with Crippen molar-refractivity contribution in [1.82, 2.24) is 14.9 Å². The Morgan fingerprint density at radius 1 is 0.909 bits per heavy atom. The van der Waals surface area contributed by atoms with E-state index in [4.69, 9.17) is 21.6 Å². The molecular formula is C27H18ClN5. The summed E-state index contributed by atoms with van der Waals surface area (Å²) in [6.45, 7) is 0.519. The van der Waals surface area contributed by atoms with Gasteiger partial charge in [0.05, 0.1) is 34.6 Å². The number of hydrogen-bond donors (Lipinski definition) is 0. The van der Waals surface area contributed by atoms with Crippen molar-refractivity contribution in [3.63, 3.8) is 0 Å². The third-order valence-electron chi connectivity index (χ3n) is 7.23. The second kappa shape index (κ2) is 6.86. The molecule has 2 atom stereocenters. The van der Waals surface area contributed by atoms with Gasteiger partial charge in [0.25, 0.3) is 0 Å². The molecule has 5 nitrogen and oxygen atoms in total. The van der Waals surface area contributed by atoms with Crippen LogP contribution in [0.2, 0.25) is 5.02 Å². The molecule has 158 valence electrons. The number of fused-ring (bicyclic) bond motifs is 6. The average molecular weight is 448 g/mol. The Bertz CT molecular complexity index is 1500. The summed E-state index contributed by atoms with van der Waals surface area (Å²) < 4.78 is 0. The SMILES string of the molecule is CN1C[C@H](c2ccc(Cl)cc2)C(C#N)(C#N)[C@]12c1ccccc1-c1nc3ccccc3nc12. The zero-order valence-corrected chi connectivity index (χ0v) is 18.6. The number of halogens is 1. The molecule has 0 amide bonds. The first-order valence-corrected chi connectivity index (χ1v) is 11.1. The zero-order chi connectivity index (χ0) is 22.8. The lowest BCUT2D eigenvalue weighted by Gasteiger charge is -2.40. The molecule has 33 heavy (non-hydrogen) atoms. The summed E-state index contributed by atoms with van der Waals surface area (Å²) in [6.07, 6.45) is 0. The lowest BCUT2D eigenvalue weighted by molar-refractivity contribution is 0.165. The molecule has 0 bridgehead atoms. The van der Waals surface area contributed by atoms with Gasteiger partial charge in [0.15, 0.2) is 5.41 Å². The summed E-state index contributed by atoms with van der Waals surface area (Å²) in [5, 5.41) is 22.1. The molecule has 0 saturated carbocycles. The standard InChI is InChI=1S/C27H18ClN5/c1-33-14-21(17-10-12-18(28)13-11-17)26(15-29,16-30)27(33)20-7-3-2-6-19(20)24-25(27)32-23-9-5-4-8-22(23)31-24/h2-13,21H,14H2,1H3/t21-,27-/m1/s1. The zero-order valence-electron chi connectivity index (χ0n) is 17.8. The van der Waals surface area contributed by atoms with Gasteiger partial charge in [0, 0.05) is 23.0 Å². The Morgan fingerprint density at radius 2 is 1.55 bits per heavy atom. The van der Waals surface area contributed by atoms with Crippen LogP contribution in [-0.4, -0.2) is 28.5 Å². The van der Waals surface area contributed by atoms with Gasteiger partial charge in [-0.1, -0.05) is 60.1 Å². The number of para-hydroxylation sites is 2. The first kappa shape index (κ1) is 19.9. The van der Waals surface area contributed by atoms with Crippen LogP contribution in [0.1, 0.15) is 22.7 Å². The molecule has 1 aliphatic carbocycles. The number of aromatic nitrogens is 2. The van der Waals surface area contributed by atoms with Crippen LogP contribution in [0.5, 0.6) is 0 Å². The van der Waals surface area contributed by atoms with Crippen molar-refractivity contribution in [3.8, 4) is 23.4 Å². The Balaban J connectivity index is 1.73. The van der Waals surface area contributed by atoms with Crippen LogP contribution in [-0.2, 0) is 5.54 Å². The highest BCUT2D eigenvalue weighted by Gasteiger charge is 2.70. The molecule has 1 spiro atoms. The van der Waals surface area contributed by atoms with E-state index in [2.05, 4.69) is 17.0 Å². The van der Waals surface area contributed by atoms with Gasteiger partial charge in [-0.2, -0.15) is 10.5 Å². The van der Waals surface area contributed by atoms with Crippen LogP contribution in [0.15, 0.2) is 72.8 Å². The number of likely N-dealkylation sites (N-methyl/N-ethyl adjacent to an activating group) is 1.